The fraction of sp³-hybridized carbons (Fsp3) is 0.524. The number of rotatable bonds is 4. The Morgan fingerprint density at radius 3 is 2.67 bits per heavy atom. The summed E-state index contributed by atoms with van der Waals surface area (Å²) < 4.78 is 1.89. The molecule has 1 fully saturated rings. The van der Waals surface area contributed by atoms with E-state index in [2.05, 4.69) is 30.2 Å². The number of hydrogen-bond acceptors (Lipinski definition) is 4. The topological polar surface area (TPSA) is 72.2 Å². The van der Waals surface area contributed by atoms with Crippen molar-refractivity contribution in [2.45, 2.75) is 72.3 Å². The van der Waals surface area contributed by atoms with Crippen LogP contribution in [0.5, 0.6) is 0 Å². The summed E-state index contributed by atoms with van der Waals surface area (Å²) in [5.41, 5.74) is 6.80. The van der Waals surface area contributed by atoms with Gasteiger partial charge < -0.3 is 5.32 Å². The fourth-order valence-electron chi connectivity index (χ4n) is 4.34. The van der Waals surface area contributed by atoms with E-state index in [4.69, 9.17) is 10.1 Å². The monoisotopic (exact) mass is 365 g/mol. The second kappa shape index (κ2) is 6.91. The van der Waals surface area contributed by atoms with Gasteiger partial charge in [-0.15, -0.1) is 5.10 Å². The fourth-order valence-corrected chi connectivity index (χ4v) is 4.34. The first-order valence-electron chi connectivity index (χ1n) is 9.86. The van der Waals surface area contributed by atoms with Crippen LogP contribution in [0.15, 0.2) is 6.07 Å². The number of fused-ring (bicyclic) bond motifs is 3. The lowest BCUT2D eigenvalue weighted by Gasteiger charge is -2.14. The average Bonchev–Trinajstić information content (AvgIpc) is 3.22. The van der Waals surface area contributed by atoms with Crippen LogP contribution in [0.2, 0.25) is 0 Å². The summed E-state index contributed by atoms with van der Waals surface area (Å²) in [4.78, 5) is 21.7. The number of nitrogens with zero attached hydrogens (tertiary/aromatic N) is 4. The highest BCUT2D eigenvalue weighted by Gasteiger charge is 2.19. The molecule has 1 saturated carbocycles. The normalized spacial score (nSPS) is 15.1. The first-order chi connectivity index (χ1) is 12.9. The highest BCUT2D eigenvalue weighted by Crippen LogP contribution is 2.25. The Morgan fingerprint density at radius 2 is 1.93 bits per heavy atom. The molecule has 6 nitrogen and oxygen atoms in total. The van der Waals surface area contributed by atoms with E-state index >= 15 is 0 Å². The molecule has 4 rings (SSSR count). The van der Waals surface area contributed by atoms with Gasteiger partial charge in [-0.2, -0.15) is 0 Å². The third-order valence-corrected chi connectivity index (χ3v) is 5.73. The maximum Gasteiger partial charge on any atom is 0.220 e. The van der Waals surface area contributed by atoms with Crippen LogP contribution in [0.3, 0.4) is 0 Å². The average molecular weight is 365 g/mol. The molecule has 0 bridgehead atoms. The zero-order valence-electron chi connectivity index (χ0n) is 16.6. The van der Waals surface area contributed by atoms with Crippen molar-refractivity contribution in [2.75, 3.05) is 0 Å². The molecule has 1 N–H and O–H groups in total. The van der Waals surface area contributed by atoms with Gasteiger partial charge in [-0.1, -0.05) is 12.8 Å². The molecule has 1 amide bonds. The zero-order chi connectivity index (χ0) is 19.1. The second-order valence-electron chi connectivity index (χ2n) is 7.82. The molecule has 6 heteroatoms. The van der Waals surface area contributed by atoms with Gasteiger partial charge in [0.05, 0.1) is 5.39 Å². The molecule has 142 valence electrons. The molecule has 3 heterocycles. The summed E-state index contributed by atoms with van der Waals surface area (Å²) in [5.74, 6) is 0.138. The summed E-state index contributed by atoms with van der Waals surface area (Å²) in [6, 6.07) is 2.44. The number of carbonyl (C=O) groups is 1. The van der Waals surface area contributed by atoms with Crippen LogP contribution in [0.1, 0.15) is 60.3 Å². The lowest BCUT2D eigenvalue weighted by molar-refractivity contribution is -0.121. The van der Waals surface area contributed by atoms with E-state index in [0.29, 0.717) is 18.9 Å². The highest BCUT2D eigenvalue weighted by molar-refractivity contribution is 5.93. The number of pyridine rings is 1. The van der Waals surface area contributed by atoms with Gasteiger partial charge in [-0.05, 0) is 64.2 Å². The van der Waals surface area contributed by atoms with Gasteiger partial charge in [-0.3, -0.25) is 4.79 Å². The molecule has 3 aromatic rings. The summed E-state index contributed by atoms with van der Waals surface area (Å²) in [5, 5.41) is 8.87. The second-order valence-corrected chi connectivity index (χ2v) is 7.82. The largest absolute Gasteiger partial charge is 0.353 e. The number of aryl methyl sites for hydroxylation is 4. The van der Waals surface area contributed by atoms with Gasteiger partial charge in [0, 0.05) is 29.5 Å². The van der Waals surface area contributed by atoms with Gasteiger partial charge in [0.15, 0.2) is 11.3 Å². The lowest BCUT2D eigenvalue weighted by Crippen LogP contribution is -2.32. The first-order valence-corrected chi connectivity index (χ1v) is 9.86. The molecule has 0 aliphatic heterocycles. The molecule has 3 aromatic heterocycles. The van der Waals surface area contributed by atoms with E-state index in [0.717, 1.165) is 57.7 Å². The Kier molecular flexibility index (Phi) is 4.58. The van der Waals surface area contributed by atoms with Crippen molar-refractivity contribution in [3.8, 4) is 0 Å². The van der Waals surface area contributed by atoms with Crippen molar-refractivity contribution in [2.24, 2.45) is 0 Å². The van der Waals surface area contributed by atoms with E-state index < -0.39 is 0 Å². The van der Waals surface area contributed by atoms with Crippen LogP contribution in [-0.2, 0) is 11.2 Å². The number of carbonyl (C=O) groups excluding carboxylic acids is 1. The third kappa shape index (κ3) is 3.29. The van der Waals surface area contributed by atoms with Gasteiger partial charge in [-0.25, -0.2) is 14.5 Å². The quantitative estimate of drug-likeness (QED) is 0.768. The van der Waals surface area contributed by atoms with Crippen LogP contribution in [-0.4, -0.2) is 31.5 Å². The Morgan fingerprint density at radius 1 is 1.19 bits per heavy atom. The van der Waals surface area contributed by atoms with E-state index in [-0.39, 0.29) is 5.91 Å². The predicted octanol–water partition coefficient (Wildman–Crippen LogP) is 3.50. The zero-order valence-corrected chi connectivity index (χ0v) is 16.6. The summed E-state index contributed by atoms with van der Waals surface area (Å²) >= 11 is 0. The van der Waals surface area contributed by atoms with E-state index in [1.54, 1.807) is 0 Å². The molecule has 1 aliphatic carbocycles. The van der Waals surface area contributed by atoms with Crippen molar-refractivity contribution < 1.29 is 4.79 Å². The van der Waals surface area contributed by atoms with Crippen LogP contribution in [0, 0.1) is 27.7 Å². The maximum atomic E-state index is 12.3. The minimum absolute atomic E-state index is 0.138. The molecule has 0 atom stereocenters. The van der Waals surface area contributed by atoms with E-state index in [1.807, 2.05) is 18.4 Å². The van der Waals surface area contributed by atoms with Crippen LogP contribution < -0.4 is 5.32 Å². The molecule has 0 saturated heterocycles. The summed E-state index contributed by atoms with van der Waals surface area (Å²) in [7, 11) is 0. The molecular weight excluding hydrogens is 338 g/mol. The Hall–Kier alpha value is -2.50. The summed E-state index contributed by atoms with van der Waals surface area (Å²) in [6.45, 7) is 8.13. The Balaban J connectivity index is 1.64. The SMILES string of the molecule is Cc1cc(C)c2c(n1)nn1c(C)c(CCC(=O)NC3CCCC3)c(C)nc21. The maximum absolute atomic E-state index is 12.3. The van der Waals surface area contributed by atoms with Gasteiger partial charge in [0.25, 0.3) is 0 Å². The van der Waals surface area contributed by atoms with Crippen LogP contribution in [0.4, 0.5) is 0 Å². The molecular formula is C21H27N5O. The van der Waals surface area contributed by atoms with E-state index in [9.17, 15) is 4.79 Å². The molecule has 1 aliphatic rings. The molecule has 0 aromatic carbocycles. The smallest absolute Gasteiger partial charge is 0.220 e. The van der Waals surface area contributed by atoms with Gasteiger partial charge >= 0.3 is 0 Å². The Labute approximate surface area is 159 Å². The van der Waals surface area contributed by atoms with Gasteiger partial charge in [0.1, 0.15) is 0 Å². The number of hydrogen-bond donors (Lipinski definition) is 1. The van der Waals surface area contributed by atoms with Crippen molar-refractivity contribution in [3.63, 3.8) is 0 Å². The molecule has 0 spiro atoms. The van der Waals surface area contributed by atoms with Crippen LogP contribution in [0.25, 0.3) is 16.7 Å². The first kappa shape index (κ1) is 17.9. The molecule has 27 heavy (non-hydrogen) atoms. The number of amides is 1. The van der Waals surface area contributed by atoms with Crippen molar-refractivity contribution in [1.29, 1.82) is 0 Å². The van der Waals surface area contributed by atoms with Gasteiger partial charge in [0.2, 0.25) is 5.91 Å². The standard InChI is InChI=1S/C21H27N5O/c1-12-11-13(2)22-20-19(12)21-23-14(3)17(15(4)26(21)25-20)9-10-18(27)24-16-7-5-6-8-16/h11,16H,5-10H2,1-4H3,(H,24,27). The highest BCUT2D eigenvalue weighted by atomic mass is 16.1. The van der Waals surface area contributed by atoms with Crippen LogP contribution >= 0.6 is 0 Å². The predicted molar refractivity (Wildman–Crippen MR) is 106 cm³/mol. The minimum Gasteiger partial charge on any atom is -0.353 e. The third-order valence-electron chi connectivity index (χ3n) is 5.73. The van der Waals surface area contributed by atoms with Crippen molar-refractivity contribution >= 4 is 22.6 Å². The molecule has 0 unspecified atom stereocenters. The summed E-state index contributed by atoms with van der Waals surface area (Å²) in [6.07, 6.45) is 5.85. The van der Waals surface area contributed by atoms with Crippen molar-refractivity contribution in [1.82, 2.24) is 24.9 Å². The number of nitrogens with one attached hydrogen (secondary N) is 1. The number of aromatic nitrogens is 4. The van der Waals surface area contributed by atoms with Crippen molar-refractivity contribution in [3.05, 3.63) is 34.3 Å². The molecule has 0 radical (unpaired) electrons. The minimum atomic E-state index is 0.138. The Bertz CT molecular complexity index is 1030. The lowest BCUT2D eigenvalue weighted by atomic mass is 10.1. The van der Waals surface area contributed by atoms with E-state index in [1.165, 1.54) is 12.8 Å².